The van der Waals surface area contributed by atoms with Crippen LogP contribution in [-0.4, -0.2) is 25.0 Å². The Balaban J connectivity index is 1.65. The first kappa shape index (κ1) is 13.6. The molecule has 0 radical (unpaired) electrons. The van der Waals surface area contributed by atoms with E-state index >= 15 is 0 Å². The van der Waals surface area contributed by atoms with Crippen molar-refractivity contribution < 1.29 is 0 Å². The lowest BCUT2D eigenvalue weighted by Crippen LogP contribution is -2.35. The van der Waals surface area contributed by atoms with Crippen molar-refractivity contribution >= 4 is 11.3 Å². The van der Waals surface area contributed by atoms with Gasteiger partial charge in [0.25, 0.3) is 0 Å². The van der Waals surface area contributed by atoms with E-state index in [4.69, 9.17) is 5.73 Å². The highest BCUT2D eigenvalue weighted by molar-refractivity contribution is 7.10. The molecule has 19 heavy (non-hydrogen) atoms. The number of aryl methyl sites for hydroxylation is 1. The first-order valence-electron chi connectivity index (χ1n) is 7.63. The van der Waals surface area contributed by atoms with Gasteiger partial charge >= 0.3 is 0 Å². The predicted molar refractivity (Wildman–Crippen MR) is 82.4 cm³/mol. The average Bonchev–Trinajstić information content (AvgIpc) is 3.08. The van der Waals surface area contributed by atoms with Crippen LogP contribution in [0.5, 0.6) is 0 Å². The van der Waals surface area contributed by atoms with Crippen molar-refractivity contribution in [3.05, 3.63) is 21.9 Å². The van der Waals surface area contributed by atoms with E-state index in [1.807, 2.05) is 11.3 Å². The summed E-state index contributed by atoms with van der Waals surface area (Å²) in [7, 11) is 2.27. The summed E-state index contributed by atoms with van der Waals surface area (Å²) in [6, 6.07) is 2.63. The van der Waals surface area contributed by atoms with Crippen molar-refractivity contribution in [3.63, 3.8) is 0 Å². The predicted octanol–water partition coefficient (Wildman–Crippen LogP) is 3.42. The standard InChI is InChI=1S/C16H26N2S/c1-11-5-6-19-16(11)15(9-17)18(2)10-14-8-12-3-4-13(14)7-12/h5-6,12-15H,3-4,7-10,17H2,1-2H3. The number of nitrogens with zero attached hydrogens (tertiary/aromatic N) is 1. The third-order valence-electron chi connectivity index (χ3n) is 5.37. The van der Waals surface area contributed by atoms with Crippen LogP contribution in [0.15, 0.2) is 11.4 Å². The van der Waals surface area contributed by atoms with Crippen LogP contribution in [0.25, 0.3) is 0 Å². The van der Waals surface area contributed by atoms with E-state index in [1.165, 1.54) is 42.7 Å². The molecule has 2 aliphatic rings. The van der Waals surface area contributed by atoms with E-state index in [-0.39, 0.29) is 0 Å². The molecule has 3 rings (SSSR count). The Morgan fingerprint density at radius 2 is 2.26 bits per heavy atom. The van der Waals surface area contributed by atoms with E-state index in [2.05, 4.69) is 30.3 Å². The lowest BCUT2D eigenvalue weighted by atomic mass is 9.88. The lowest BCUT2D eigenvalue weighted by Gasteiger charge is -2.32. The van der Waals surface area contributed by atoms with Crippen molar-refractivity contribution in [3.8, 4) is 0 Å². The Morgan fingerprint density at radius 1 is 1.42 bits per heavy atom. The van der Waals surface area contributed by atoms with Crippen molar-refractivity contribution in [2.24, 2.45) is 23.5 Å². The van der Waals surface area contributed by atoms with Gasteiger partial charge in [0, 0.05) is 18.0 Å². The molecule has 4 atom stereocenters. The molecular formula is C16H26N2S. The number of hydrogen-bond acceptors (Lipinski definition) is 3. The van der Waals surface area contributed by atoms with Gasteiger partial charge in [-0.1, -0.05) is 6.42 Å². The minimum absolute atomic E-state index is 0.416. The van der Waals surface area contributed by atoms with Gasteiger partial charge in [-0.05, 0) is 68.0 Å². The minimum atomic E-state index is 0.416. The Bertz CT molecular complexity index is 428. The van der Waals surface area contributed by atoms with Crippen molar-refractivity contribution in [1.82, 2.24) is 4.90 Å². The molecular weight excluding hydrogens is 252 g/mol. The molecule has 1 aromatic heterocycles. The molecule has 0 saturated heterocycles. The van der Waals surface area contributed by atoms with Gasteiger partial charge in [0.1, 0.15) is 0 Å². The van der Waals surface area contributed by atoms with E-state index < -0.39 is 0 Å². The van der Waals surface area contributed by atoms with Crippen LogP contribution >= 0.6 is 11.3 Å². The van der Waals surface area contributed by atoms with Gasteiger partial charge in [-0.15, -0.1) is 11.3 Å². The fourth-order valence-corrected chi connectivity index (χ4v) is 5.42. The molecule has 4 unspecified atom stereocenters. The van der Waals surface area contributed by atoms with Gasteiger partial charge in [0.15, 0.2) is 0 Å². The topological polar surface area (TPSA) is 29.3 Å². The second kappa shape index (κ2) is 5.55. The molecule has 1 aromatic rings. The highest BCUT2D eigenvalue weighted by Crippen LogP contribution is 2.48. The zero-order valence-corrected chi connectivity index (χ0v) is 13.0. The molecule has 0 aliphatic heterocycles. The van der Waals surface area contributed by atoms with Crippen LogP contribution < -0.4 is 5.73 Å². The Morgan fingerprint density at radius 3 is 2.79 bits per heavy atom. The van der Waals surface area contributed by atoms with Crippen LogP contribution in [0.3, 0.4) is 0 Å². The largest absolute Gasteiger partial charge is 0.329 e. The summed E-state index contributed by atoms with van der Waals surface area (Å²) < 4.78 is 0. The average molecular weight is 278 g/mol. The number of hydrogen-bond donors (Lipinski definition) is 1. The Hall–Kier alpha value is -0.380. The van der Waals surface area contributed by atoms with Crippen LogP contribution in [0, 0.1) is 24.7 Å². The number of thiophene rings is 1. The first-order chi connectivity index (χ1) is 9.19. The highest BCUT2D eigenvalue weighted by atomic mass is 32.1. The smallest absolute Gasteiger partial charge is 0.0564 e. The maximum Gasteiger partial charge on any atom is 0.0564 e. The van der Waals surface area contributed by atoms with Crippen molar-refractivity contribution in [1.29, 1.82) is 0 Å². The van der Waals surface area contributed by atoms with Crippen LogP contribution in [0.2, 0.25) is 0 Å². The highest BCUT2D eigenvalue weighted by Gasteiger charge is 2.40. The fraction of sp³-hybridized carbons (Fsp3) is 0.750. The normalized spacial score (nSPS) is 31.3. The molecule has 2 aliphatic carbocycles. The van der Waals surface area contributed by atoms with Gasteiger partial charge < -0.3 is 5.73 Å². The first-order valence-corrected chi connectivity index (χ1v) is 8.51. The van der Waals surface area contributed by atoms with E-state index in [9.17, 15) is 0 Å². The minimum Gasteiger partial charge on any atom is -0.329 e. The molecule has 2 N–H and O–H groups in total. The summed E-state index contributed by atoms with van der Waals surface area (Å²) in [4.78, 5) is 3.98. The molecule has 0 spiro atoms. The summed E-state index contributed by atoms with van der Waals surface area (Å²) in [5, 5.41) is 2.19. The van der Waals surface area contributed by atoms with Gasteiger partial charge in [-0.25, -0.2) is 0 Å². The fourth-order valence-electron chi connectivity index (χ4n) is 4.31. The van der Waals surface area contributed by atoms with Crippen LogP contribution in [-0.2, 0) is 0 Å². The number of fused-ring (bicyclic) bond motifs is 2. The monoisotopic (exact) mass is 278 g/mol. The number of nitrogens with two attached hydrogens (primary N) is 1. The molecule has 3 heteroatoms. The van der Waals surface area contributed by atoms with E-state index in [0.717, 1.165) is 24.3 Å². The molecule has 106 valence electrons. The zero-order valence-electron chi connectivity index (χ0n) is 12.1. The van der Waals surface area contributed by atoms with Crippen molar-refractivity contribution in [2.45, 2.75) is 38.6 Å². The third kappa shape index (κ3) is 2.61. The maximum atomic E-state index is 6.05. The molecule has 0 amide bonds. The van der Waals surface area contributed by atoms with Crippen LogP contribution in [0.4, 0.5) is 0 Å². The molecule has 2 nitrogen and oxygen atoms in total. The van der Waals surface area contributed by atoms with Gasteiger partial charge in [0.2, 0.25) is 0 Å². The number of likely N-dealkylation sites (N-methyl/N-ethyl adjacent to an activating group) is 1. The van der Waals surface area contributed by atoms with Crippen molar-refractivity contribution in [2.75, 3.05) is 20.1 Å². The number of rotatable bonds is 5. The van der Waals surface area contributed by atoms with E-state index in [0.29, 0.717) is 6.04 Å². The zero-order chi connectivity index (χ0) is 13.4. The third-order valence-corrected chi connectivity index (χ3v) is 6.49. The Labute approximate surface area is 121 Å². The lowest BCUT2D eigenvalue weighted by molar-refractivity contribution is 0.177. The molecule has 2 fully saturated rings. The molecule has 2 bridgehead atoms. The second-order valence-electron chi connectivity index (χ2n) is 6.59. The van der Waals surface area contributed by atoms with Crippen LogP contribution in [0.1, 0.15) is 42.2 Å². The molecule has 1 heterocycles. The molecule has 0 aromatic carbocycles. The summed E-state index contributed by atoms with van der Waals surface area (Å²) in [5.41, 5.74) is 7.45. The summed E-state index contributed by atoms with van der Waals surface area (Å²) in [6.07, 6.45) is 5.95. The maximum absolute atomic E-state index is 6.05. The summed E-state index contributed by atoms with van der Waals surface area (Å²) in [5.74, 6) is 2.98. The van der Waals surface area contributed by atoms with E-state index in [1.54, 1.807) is 0 Å². The Kier molecular flexibility index (Phi) is 3.97. The summed E-state index contributed by atoms with van der Waals surface area (Å²) >= 11 is 1.86. The van der Waals surface area contributed by atoms with Gasteiger partial charge in [-0.2, -0.15) is 0 Å². The van der Waals surface area contributed by atoms with Gasteiger partial charge in [-0.3, -0.25) is 4.90 Å². The quantitative estimate of drug-likeness (QED) is 0.894. The SMILES string of the molecule is Cc1ccsc1C(CN)N(C)CC1CC2CCC1C2. The molecule has 2 saturated carbocycles. The second-order valence-corrected chi connectivity index (χ2v) is 7.54. The van der Waals surface area contributed by atoms with Gasteiger partial charge in [0.05, 0.1) is 6.04 Å². The summed E-state index contributed by atoms with van der Waals surface area (Å²) in [6.45, 7) is 4.18.